The van der Waals surface area contributed by atoms with Gasteiger partial charge in [0, 0.05) is 37.8 Å². The minimum Gasteiger partial charge on any atom is -0.336 e. The summed E-state index contributed by atoms with van der Waals surface area (Å²) in [6.45, 7) is 5.46. The summed E-state index contributed by atoms with van der Waals surface area (Å²) < 4.78 is 0. The van der Waals surface area contributed by atoms with Crippen molar-refractivity contribution in [1.82, 2.24) is 9.80 Å². The van der Waals surface area contributed by atoms with Gasteiger partial charge in [0.2, 0.25) is 0 Å². The third-order valence-electron chi connectivity index (χ3n) is 3.47. The van der Waals surface area contributed by atoms with E-state index in [1.165, 1.54) is 0 Å². The number of hydrogen-bond donors (Lipinski definition) is 1. The Morgan fingerprint density at radius 3 is 2.05 bits per heavy atom. The van der Waals surface area contributed by atoms with Crippen molar-refractivity contribution in [3.05, 3.63) is 35.4 Å². The molecule has 0 bridgehead atoms. The summed E-state index contributed by atoms with van der Waals surface area (Å²) in [5, 5.41) is 0. The first kappa shape index (κ1) is 19.2. The van der Waals surface area contributed by atoms with Gasteiger partial charge in [-0.2, -0.15) is 0 Å². The Bertz CT molecular complexity index is 415. The van der Waals surface area contributed by atoms with Crippen LogP contribution in [0.25, 0.3) is 0 Å². The zero-order valence-corrected chi connectivity index (χ0v) is 13.5. The molecule has 1 aromatic rings. The van der Waals surface area contributed by atoms with Crippen LogP contribution in [0, 0.1) is 0 Å². The van der Waals surface area contributed by atoms with Crippen molar-refractivity contribution in [2.24, 2.45) is 5.73 Å². The van der Waals surface area contributed by atoms with Crippen molar-refractivity contribution in [2.45, 2.75) is 13.0 Å². The predicted molar refractivity (Wildman–Crippen MR) is 86.9 cm³/mol. The van der Waals surface area contributed by atoms with Crippen LogP contribution in [0.1, 0.15) is 28.9 Å². The molecule has 0 saturated carbocycles. The SMILES string of the molecule is C[C@H](N)c1ccc(C(=O)N2CCN(C)CC2)cc1.Cl.Cl. The van der Waals surface area contributed by atoms with E-state index in [9.17, 15) is 4.79 Å². The van der Waals surface area contributed by atoms with E-state index in [-0.39, 0.29) is 36.8 Å². The number of carbonyl (C=O) groups excluding carboxylic acids is 1. The number of nitrogens with two attached hydrogens (primary N) is 1. The van der Waals surface area contributed by atoms with Crippen LogP contribution in [0.3, 0.4) is 0 Å². The molecular weight excluding hydrogens is 297 g/mol. The molecule has 1 amide bonds. The highest BCUT2D eigenvalue weighted by Gasteiger charge is 2.20. The van der Waals surface area contributed by atoms with Crippen LogP contribution < -0.4 is 5.73 Å². The van der Waals surface area contributed by atoms with Crippen LogP contribution in [0.4, 0.5) is 0 Å². The Balaban J connectivity index is 0.00000180. The molecule has 114 valence electrons. The Morgan fingerprint density at radius 1 is 1.10 bits per heavy atom. The summed E-state index contributed by atoms with van der Waals surface area (Å²) in [5.74, 6) is 0.124. The third-order valence-corrected chi connectivity index (χ3v) is 3.47. The second-order valence-electron chi connectivity index (χ2n) is 5.01. The lowest BCUT2D eigenvalue weighted by Crippen LogP contribution is -2.47. The van der Waals surface area contributed by atoms with E-state index in [2.05, 4.69) is 11.9 Å². The molecule has 1 aliphatic heterocycles. The first-order valence-corrected chi connectivity index (χ1v) is 6.41. The molecule has 1 aromatic carbocycles. The van der Waals surface area contributed by atoms with Crippen molar-refractivity contribution in [2.75, 3.05) is 33.2 Å². The average molecular weight is 320 g/mol. The smallest absolute Gasteiger partial charge is 0.253 e. The molecule has 1 aliphatic rings. The number of likely N-dealkylation sites (N-methyl/N-ethyl adjacent to an activating group) is 1. The van der Waals surface area contributed by atoms with Crippen molar-refractivity contribution in [3.8, 4) is 0 Å². The lowest BCUT2D eigenvalue weighted by Gasteiger charge is -2.32. The molecule has 4 nitrogen and oxygen atoms in total. The molecule has 0 aliphatic carbocycles. The number of halogens is 2. The summed E-state index contributed by atoms with van der Waals surface area (Å²) in [5.41, 5.74) is 7.61. The number of nitrogens with zero attached hydrogens (tertiary/aromatic N) is 2. The minimum absolute atomic E-state index is 0. The maximum Gasteiger partial charge on any atom is 0.253 e. The molecule has 0 aromatic heterocycles. The number of benzene rings is 1. The summed E-state index contributed by atoms with van der Waals surface area (Å²) >= 11 is 0. The fourth-order valence-electron chi connectivity index (χ4n) is 2.12. The second kappa shape index (κ2) is 8.47. The summed E-state index contributed by atoms with van der Waals surface area (Å²) in [6.07, 6.45) is 0. The van der Waals surface area contributed by atoms with E-state index in [0.29, 0.717) is 0 Å². The molecule has 6 heteroatoms. The fraction of sp³-hybridized carbons (Fsp3) is 0.500. The van der Waals surface area contributed by atoms with Crippen molar-refractivity contribution < 1.29 is 4.79 Å². The first-order chi connectivity index (χ1) is 8.58. The van der Waals surface area contributed by atoms with Gasteiger partial charge in [0.1, 0.15) is 0 Å². The van der Waals surface area contributed by atoms with Crippen LogP contribution >= 0.6 is 24.8 Å². The molecular formula is C14H23Cl2N3O. The Morgan fingerprint density at radius 2 is 1.60 bits per heavy atom. The molecule has 1 atom stereocenters. The van der Waals surface area contributed by atoms with Gasteiger partial charge >= 0.3 is 0 Å². The first-order valence-electron chi connectivity index (χ1n) is 6.41. The maximum atomic E-state index is 12.3. The monoisotopic (exact) mass is 319 g/mol. The summed E-state index contributed by atoms with van der Waals surface area (Å²) in [6, 6.07) is 7.64. The van der Waals surface area contributed by atoms with Crippen molar-refractivity contribution in [3.63, 3.8) is 0 Å². The molecule has 0 unspecified atom stereocenters. The lowest BCUT2D eigenvalue weighted by atomic mass is 10.1. The highest BCUT2D eigenvalue weighted by atomic mass is 35.5. The number of hydrogen-bond acceptors (Lipinski definition) is 3. The van der Waals surface area contributed by atoms with Gasteiger partial charge in [0.25, 0.3) is 5.91 Å². The van der Waals surface area contributed by atoms with Gasteiger partial charge in [-0.25, -0.2) is 0 Å². The van der Waals surface area contributed by atoms with Gasteiger partial charge in [-0.3, -0.25) is 4.79 Å². The fourth-order valence-corrected chi connectivity index (χ4v) is 2.12. The largest absolute Gasteiger partial charge is 0.336 e. The number of carbonyl (C=O) groups is 1. The topological polar surface area (TPSA) is 49.6 Å². The van der Waals surface area contributed by atoms with Gasteiger partial charge < -0.3 is 15.5 Å². The molecule has 20 heavy (non-hydrogen) atoms. The maximum absolute atomic E-state index is 12.3. The molecule has 0 radical (unpaired) electrons. The van der Waals surface area contributed by atoms with Gasteiger partial charge in [0.05, 0.1) is 0 Å². The molecule has 0 spiro atoms. The van der Waals surface area contributed by atoms with E-state index in [4.69, 9.17) is 5.73 Å². The van der Waals surface area contributed by atoms with E-state index in [0.717, 1.165) is 37.3 Å². The normalized spacial score (nSPS) is 16.9. The number of rotatable bonds is 2. The molecule has 1 saturated heterocycles. The number of amides is 1. The van der Waals surface area contributed by atoms with Crippen molar-refractivity contribution >= 4 is 30.7 Å². The Hall–Kier alpha value is -0.810. The Labute approximate surface area is 133 Å². The van der Waals surface area contributed by atoms with Crippen LogP contribution in [-0.2, 0) is 0 Å². The third kappa shape index (κ3) is 4.63. The molecule has 2 N–H and O–H groups in total. The van der Waals surface area contributed by atoms with Gasteiger partial charge in [-0.05, 0) is 31.7 Å². The van der Waals surface area contributed by atoms with Crippen LogP contribution in [0.2, 0.25) is 0 Å². The van der Waals surface area contributed by atoms with Gasteiger partial charge in [-0.15, -0.1) is 24.8 Å². The average Bonchev–Trinajstić information content (AvgIpc) is 2.39. The van der Waals surface area contributed by atoms with E-state index in [1.54, 1.807) is 0 Å². The highest BCUT2D eigenvalue weighted by Crippen LogP contribution is 2.13. The zero-order chi connectivity index (χ0) is 13.1. The minimum atomic E-state index is 0. The van der Waals surface area contributed by atoms with Crippen LogP contribution in [-0.4, -0.2) is 48.9 Å². The van der Waals surface area contributed by atoms with E-state index in [1.807, 2.05) is 36.1 Å². The molecule has 1 fully saturated rings. The molecule has 1 heterocycles. The van der Waals surface area contributed by atoms with Gasteiger partial charge in [-0.1, -0.05) is 12.1 Å². The van der Waals surface area contributed by atoms with E-state index >= 15 is 0 Å². The van der Waals surface area contributed by atoms with Crippen LogP contribution in [0.15, 0.2) is 24.3 Å². The van der Waals surface area contributed by atoms with Gasteiger partial charge in [0.15, 0.2) is 0 Å². The predicted octanol–water partition coefficient (Wildman–Crippen LogP) is 1.94. The molecule has 2 rings (SSSR count). The quantitative estimate of drug-likeness (QED) is 0.906. The summed E-state index contributed by atoms with van der Waals surface area (Å²) in [4.78, 5) is 16.4. The standard InChI is InChI=1S/C14H21N3O.2ClH/c1-11(15)12-3-5-13(6-4-12)14(18)17-9-7-16(2)8-10-17;;/h3-6,11H,7-10,15H2,1-2H3;2*1H/t11-;;/m0../s1. The van der Waals surface area contributed by atoms with E-state index < -0.39 is 0 Å². The van der Waals surface area contributed by atoms with Crippen LogP contribution in [0.5, 0.6) is 0 Å². The highest BCUT2D eigenvalue weighted by molar-refractivity contribution is 5.94. The van der Waals surface area contributed by atoms with Crippen molar-refractivity contribution in [1.29, 1.82) is 0 Å². The second-order valence-corrected chi connectivity index (χ2v) is 5.01. The zero-order valence-electron chi connectivity index (χ0n) is 11.9. The lowest BCUT2D eigenvalue weighted by molar-refractivity contribution is 0.0664. The Kier molecular flexibility index (Phi) is 8.13. The number of piperazine rings is 1. The summed E-state index contributed by atoms with van der Waals surface area (Å²) in [7, 11) is 2.08.